The molecule has 48 heavy (non-hydrogen) atoms. The molecule has 7 aromatic rings. The molecule has 0 saturated carbocycles. The van der Waals surface area contributed by atoms with Crippen LogP contribution in [0.2, 0.25) is 0 Å². The molecule has 0 amide bonds. The van der Waals surface area contributed by atoms with Gasteiger partial charge in [0.25, 0.3) is 0 Å². The number of carbonyl (C=O) groups is 2. The van der Waals surface area contributed by atoms with E-state index in [1.54, 1.807) is 56.7 Å². The zero-order valence-corrected chi connectivity index (χ0v) is 30.2. The molecule has 0 radical (unpaired) electrons. The number of hydrogen-bond acceptors (Lipinski definition) is 7. The van der Waals surface area contributed by atoms with E-state index in [1.807, 2.05) is 24.3 Å². The first kappa shape index (κ1) is 32.4. The van der Waals surface area contributed by atoms with E-state index in [9.17, 15) is 14.7 Å². The van der Waals surface area contributed by atoms with Crippen molar-refractivity contribution in [3.63, 3.8) is 0 Å². The monoisotopic (exact) mass is 722 g/mol. The molecule has 0 aliphatic rings. The highest BCUT2D eigenvalue weighted by molar-refractivity contribution is 7.30. The molecule has 5 aromatic heterocycles. The van der Waals surface area contributed by atoms with Crippen molar-refractivity contribution in [2.45, 2.75) is 33.1 Å². The molecule has 5 heterocycles. The number of aryl methyl sites for hydroxylation is 2. The van der Waals surface area contributed by atoms with Gasteiger partial charge in [-0.2, -0.15) is 0 Å². The van der Waals surface area contributed by atoms with Crippen molar-refractivity contribution < 1.29 is 19.8 Å². The standard InChI is InChI=1S/C39H30O4S5/c1-3-23-4-8-25(9-5-23)28-13-15-31(45-28)35-20-27(21-37(42)43)39(48-35)33-17-16-32(46-33)38-22(2)18-34(47-38)30-14-12-29(44-30)26-10-6-24(7-11-26)19-36(40)41/h4-18,20H,3,19,21H2,1-2H3,(H,40,41)(H,42,43). The van der Waals surface area contributed by atoms with Gasteiger partial charge in [0.05, 0.1) is 12.8 Å². The van der Waals surface area contributed by atoms with E-state index in [-0.39, 0.29) is 12.8 Å². The summed E-state index contributed by atoms with van der Waals surface area (Å²) < 4.78 is 0. The van der Waals surface area contributed by atoms with E-state index < -0.39 is 11.9 Å². The van der Waals surface area contributed by atoms with Gasteiger partial charge in [0.1, 0.15) is 0 Å². The van der Waals surface area contributed by atoms with Crippen LogP contribution in [-0.4, -0.2) is 22.2 Å². The smallest absolute Gasteiger partial charge is 0.307 e. The van der Waals surface area contributed by atoms with Gasteiger partial charge in [0, 0.05) is 48.8 Å². The Bertz CT molecular complexity index is 2240. The molecular formula is C39H30O4S5. The second kappa shape index (κ2) is 13.8. The SMILES string of the molecule is CCc1ccc(-c2ccc(-c3cc(CC(=O)O)c(-c4ccc(-c5sc(-c6ccc(-c7ccc(CC(=O)O)cc7)s6)cc5C)s4)s3)s2)cc1. The minimum Gasteiger partial charge on any atom is -0.481 e. The summed E-state index contributed by atoms with van der Waals surface area (Å²) in [6.07, 6.45) is 1.03. The quantitative estimate of drug-likeness (QED) is 0.139. The topological polar surface area (TPSA) is 74.6 Å². The Morgan fingerprint density at radius 2 is 0.958 bits per heavy atom. The van der Waals surface area contributed by atoms with E-state index in [4.69, 9.17) is 5.11 Å². The molecule has 0 unspecified atom stereocenters. The third kappa shape index (κ3) is 6.88. The number of benzene rings is 2. The number of thiophene rings is 5. The van der Waals surface area contributed by atoms with Crippen LogP contribution in [0.25, 0.3) is 59.9 Å². The molecule has 240 valence electrons. The van der Waals surface area contributed by atoms with E-state index >= 15 is 0 Å². The lowest BCUT2D eigenvalue weighted by atomic mass is 10.1. The average molecular weight is 723 g/mol. The van der Waals surface area contributed by atoms with Gasteiger partial charge in [0.15, 0.2) is 0 Å². The Morgan fingerprint density at radius 1 is 0.500 bits per heavy atom. The predicted molar refractivity (Wildman–Crippen MR) is 205 cm³/mol. The fourth-order valence-electron chi connectivity index (χ4n) is 5.60. The molecule has 0 bridgehead atoms. The second-order valence-corrected chi connectivity index (χ2v) is 16.8. The van der Waals surface area contributed by atoms with Crippen LogP contribution < -0.4 is 0 Å². The van der Waals surface area contributed by atoms with Crippen molar-refractivity contribution in [2.75, 3.05) is 0 Å². The molecule has 2 aromatic carbocycles. The van der Waals surface area contributed by atoms with Gasteiger partial charge in [-0.1, -0.05) is 55.5 Å². The second-order valence-electron chi connectivity index (χ2n) is 11.5. The largest absolute Gasteiger partial charge is 0.481 e. The zero-order chi connectivity index (χ0) is 33.4. The fourth-order valence-corrected chi connectivity index (χ4v) is 11.5. The van der Waals surface area contributed by atoms with Crippen molar-refractivity contribution in [1.29, 1.82) is 0 Å². The molecule has 0 fully saturated rings. The van der Waals surface area contributed by atoms with Crippen molar-refractivity contribution in [2.24, 2.45) is 0 Å². The van der Waals surface area contributed by atoms with E-state index in [1.165, 1.54) is 41.1 Å². The van der Waals surface area contributed by atoms with E-state index in [0.717, 1.165) is 47.5 Å². The normalized spacial score (nSPS) is 11.3. The van der Waals surface area contributed by atoms with Gasteiger partial charge in [-0.05, 0) is 95.3 Å². The van der Waals surface area contributed by atoms with Gasteiger partial charge in [-0.3, -0.25) is 9.59 Å². The lowest BCUT2D eigenvalue weighted by Gasteiger charge is -2.00. The molecule has 0 atom stereocenters. The third-order valence-corrected chi connectivity index (χ3v) is 14.6. The molecule has 9 heteroatoms. The summed E-state index contributed by atoms with van der Waals surface area (Å²) in [6.45, 7) is 4.31. The van der Waals surface area contributed by atoms with Gasteiger partial charge in [-0.15, -0.1) is 56.7 Å². The summed E-state index contributed by atoms with van der Waals surface area (Å²) in [5.74, 6) is -1.66. The molecule has 2 N–H and O–H groups in total. The molecule has 0 saturated heterocycles. The summed E-state index contributed by atoms with van der Waals surface area (Å²) in [5, 5.41) is 18.8. The number of hydrogen-bond donors (Lipinski definition) is 2. The zero-order valence-electron chi connectivity index (χ0n) is 26.1. The summed E-state index contributed by atoms with van der Waals surface area (Å²) >= 11 is 8.65. The number of rotatable bonds is 11. The van der Waals surface area contributed by atoms with E-state index in [0.29, 0.717) is 0 Å². The Labute approximate surface area is 298 Å². The summed E-state index contributed by atoms with van der Waals surface area (Å²) in [6, 6.07) is 33.6. The Balaban J connectivity index is 1.14. The van der Waals surface area contributed by atoms with Gasteiger partial charge in [0.2, 0.25) is 0 Å². The molecule has 0 aliphatic heterocycles. The van der Waals surface area contributed by atoms with Crippen molar-refractivity contribution >= 4 is 68.6 Å². The molecule has 0 aliphatic carbocycles. The van der Waals surface area contributed by atoms with Crippen molar-refractivity contribution in [3.05, 3.63) is 119 Å². The van der Waals surface area contributed by atoms with Crippen LogP contribution in [-0.2, 0) is 28.9 Å². The highest BCUT2D eigenvalue weighted by atomic mass is 32.1. The lowest BCUT2D eigenvalue weighted by molar-refractivity contribution is -0.137. The van der Waals surface area contributed by atoms with Crippen LogP contribution in [0.5, 0.6) is 0 Å². The first-order chi connectivity index (χ1) is 23.2. The molecular weight excluding hydrogens is 693 g/mol. The first-order valence-electron chi connectivity index (χ1n) is 15.4. The highest BCUT2D eigenvalue weighted by Gasteiger charge is 2.20. The maximum Gasteiger partial charge on any atom is 0.307 e. The van der Waals surface area contributed by atoms with Gasteiger partial charge in [-0.25, -0.2) is 0 Å². The maximum absolute atomic E-state index is 11.9. The highest BCUT2D eigenvalue weighted by Crippen LogP contribution is 2.48. The van der Waals surface area contributed by atoms with Gasteiger partial charge >= 0.3 is 11.9 Å². The predicted octanol–water partition coefficient (Wildman–Crippen LogP) is 12.1. The van der Waals surface area contributed by atoms with Crippen LogP contribution in [0.4, 0.5) is 0 Å². The lowest BCUT2D eigenvalue weighted by Crippen LogP contribution is -1.99. The van der Waals surface area contributed by atoms with Crippen LogP contribution in [0.1, 0.15) is 29.2 Å². The summed E-state index contributed by atoms with van der Waals surface area (Å²) in [5.41, 5.74) is 6.45. The number of carboxylic acids is 2. The first-order valence-corrected chi connectivity index (χ1v) is 19.5. The third-order valence-electron chi connectivity index (χ3n) is 8.06. The van der Waals surface area contributed by atoms with Crippen molar-refractivity contribution in [3.8, 4) is 59.9 Å². The molecule has 0 spiro atoms. The Morgan fingerprint density at radius 3 is 1.52 bits per heavy atom. The summed E-state index contributed by atoms with van der Waals surface area (Å²) in [7, 11) is 0. The Hall–Kier alpha value is -4.12. The molecule has 7 rings (SSSR count). The maximum atomic E-state index is 11.9. The van der Waals surface area contributed by atoms with E-state index in [2.05, 4.69) is 86.6 Å². The number of aliphatic carboxylic acids is 2. The van der Waals surface area contributed by atoms with Crippen LogP contribution in [0, 0.1) is 6.92 Å². The summed E-state index contributed by atoms with van der Waals surface area (Å²) in [4.78, 5) is 34.4. The van der Waals surface area contributed by atoms with Crippen LogP contribution in [0.15, 0.2) is 97.1 Å². The minimum absolute atomic E-state index is 0.0129. The average Bonchev–Trinajstić information content (AvgIpc) is 3.90. The minimum atomic E-state index is -0.829. The Kier molecular flexibility index (Phi) is 9.31. The van der Waals surface area contributed by atoms with Crippen molar-refractivity contribution in [1.82, 2.24) is 0 Å². The van der Waals surface area contributed by atoms with Crippen LogP contribution in [0.3, 0.4) is 0 Å². The van der Waals surface area contributed by atoms with Crippen LogP contribution >= 0.6 is 56.7 Å². The fraction of sp³-hybridized carbons (Fsp3) is 0.128. The van der Waals surface area contributed by atoms with Gasteiger partial charge < -0.3 is 10.2 Å². The number of carboxylic acid groups (broad SMARTS) is 2. The molecule has 4 nitrogen and oxygen atoms in total.